The van der Waals surface area contributed by atoms with Crippen LogP contribution in [-0.4, -0.2) is 12.5 Å². The summed E-state index contributed by atoms with van der Waals surface area (Å²) in [6, 6.07) is 0. The molecule has 0 saturated heterocycles. The fraction of sp³-hybridized carbons (Fsp3) is 0.750. The monoisotopic (exact) mass is 305 g/mol. The van der Waals surface area contributed by atoms with Crippen molar-refractivity contribution >= 4 is 5.97 Å². The third-order valence-corrected chi connectivity index (χ3v) is 5.74. The van der Waals surface area contributed by atoms with Crippen molar-refractivity contribution in [3.05, 3.63) is 0 Å². The van der Waals surface area contributed by atoms with Gasteiger partial charge in [0.2, 0.25) is 0 Å². The third kappa shape index (κ3) is 6.37. The van der Waals surface area contributed by atoms with E-state index in [-0.39, 0.29) is 5.97 Å². The number of hydrogen-bond donors (Lipinski definition) is 1. The number of hydrogen-bond acceptors (Lipinski definition) is 3. The Labute approximate surface area is 61.7 Å². The van der Waals surface area contributed by atoms with E-state index in [0.29, 0.717) is 6.54 Å². The molecular formula is C4H9HgNO2. The second kappa shape index (κ2) is 5.50. The Kier molecular flexibility index (Phi) is 5.75. The second-order valence-electron chi connectivity index (χ2n) is 1.48. The van der Waals surface area contributed by atoms with Crippen LogP contribution in [0.3, 0.4) is 0 Å². The average molecular weight is 304 g/mol. The minimum absolute atomic E-state index is 0.139. The molecule has 0 aromatic heterocycles. The molecular weight excluding hydrogens is 295 g/mol. The molecule has 2 N–H and O–H groups in total. The van der Waals surface area contributed by atoms with Gasteiger partial charge in [-0.1, -0.05) is 0 Å². The molecule has 0 heterocycles. The number of rotatable bonds is 3. The van der Waals surface area contributed by atoms with E-state index in [1.165, 1.54) is 6.92 Å². The van der Waals surface area contributed by atoms with Gasteiger partial charge in [-0.15, -0.1) is 0 Å². The molecule has 4 heteroatoms. The molecule has 0 aromatic rings. The Morgan fingerprint density at radius 2 is 2.50 bits per heavy atom. The summed E-state index contributed by atoms with van der Waals surface area (Å²) >= 11 is -1.25. The molecule has 0 aliphatic rings. The number of carbonyl (C=O) groups is 1. The van der Waals surface area contributed by atoms with Gasteiger partial charge < -0.3 is 0 Å². The van der Waals surface area contributed by atoms with Crippen LogP contribution >= 0.6 is 0 Å². The summed E-state index contributed by atoms with van der Waals surface area (Å²) in [7, 11) is 0. The first kappa shape index (κ1) is 8.37. The molecule has 8 heavy (non-hydrogen) atoms. The molecule has 0 aliphatic carbocycles. The first-order valence-electron chi connectivity index (χ1n) is 2.61. The third-order valence-electron chi connectivity index (χ3n) is 0.654. The molecule has 44 valence electrons. The molecule has 0 rings (SSSR count). The van der Waals surface area contributed by atoms with Crippen molar-refractivity contribution in [2.45, 2.75) is 10.9 Å². The van der Waals surface area contributed by atoms with Gasteiger partial charge >= 0.3 is 61.6 Å². The Bertz CT molecular complexity index is 76.4. The molecule has 0 bridgehead atoms. The van der Waals surface area contributed by atoms with Gasteiger partial charge in [0.25, 0.3) is 0 Å². The summed E-state index contributed by atoms with van der Waals surface area (Å²) < 4.78 is 5.76. The summed E-state index contributed by atoms with van der Waals surface area (Å²) in [6.45, 7) is 2.12. The maximum absolute atomic E-state index is 10.1. The normalized spacial score (nSPS) is 7.75. The van der Waals surface area contributed by atoms with Crippen LogP contribution in [0.2, 0.25) is 3.93 Å². The summed E-state index contributed by atoms with van der Waals surface area (Å²) in [5, 5.41) is 0. The summed E-state index contributed by atoms with van der Waals surface area (Å²) in [6.07, 6.45) is 0. The predicted molar refractivity (Wildman–Crippen MR) is 25.6 cm³/mol. The summed E-state index contributed by atoms with van der Waals surface area (Å²) in [5.74, 6) is -0.139. The molecule has 0 atom stereocenters. The van der Waals surface area contributed by atoms with Crippen molar-refractivity contribution < 1.29 is 32.5 Å². The zero-order chi connectivity index (χ0) is 6.41. The fourth-order valence-corrected chi connectivity index (χ4v) is 2.63. The average Bonchev–Trinajstić information content (AvgIpc) is 1.66. The molecule has 0 fully saturated rings. The van der Waals surface area contributed by atoms with Crippen LogP contribution in [0.1, 0.15) is 6.92 Å². The molecule has 0 saturated carbocycles. The summed E-state index contributed by atoms with van der Waals surface area (Å²) in [5.41, 5.74) is 5.18. The van der Waals surface area contributed by atoms with E-state index in [9.17, 15) is 4.79 Å². The van der Waals surface area contributed by atoms with Gasteiger partial charge in [-0.2, -0.15) is 0 Å². The molecule has 0 spiro atoms. The van der Waals surface area contributed by atoms with Crippen molar-refractivity contribution in [3.8, 4) is 0 Å². The van der Waals surface area contributed by atoms with Crippen LogP contribution in [0.25, 0.3) is 0 Å². The van der Waals surface area contributed by atoms with E-state index in [0.717, 1.165) is 3.93 Å². The first-order chi connectivity index (χ1) is 3.77. The van der Waals surface area contributed by atoms with Crippen LogP contribution in [0.5, 0.6) is 0 Å². The molecule has 0 radical (unpaired) electrons. The zero-order valence-corrected chi connectivity index (χ0v) is 10.5. The molecule has 0 aliphatic heterocycles. The molecule has 0 aromatic carbocycles. The van der Waals surface area contributed by atoms with E-state index >= 15 is 0 Å². The quantitative estimate of drug-likeness (QED) is 0.586. The van der Waals surface area contributed by atoms with Gasteiger partial charge in [0.05, 0.1) is 0 Å². The zero-order valence-electron chi connectivity index (χ0n) is 5.02. The van der Waals surface area contributed by atoms with Crippen LogP contribution in [0.4, 0.5) is 0 Å². The Hall–Kier alpha value is 0.365. The first-order valence-corrected chi connectivity index (χ1v) is 8.74. The van der Waals surface area contributed by atoms with Gasteiger partial charge in [0.1, 0.15) is 0 Å². The van der Waals surface area contributed by atoms with Crippen molar-refractivity contribution in [1.29, 1.82) is 0 Å². The van der Waals surface area contributed by atoms with Crippen molar-refractivity contribution in [3.63, 3.8) is 0 Å². The minimum atomic E-state index is -1.25. The SMILES string of the molecule is CC(=O)[O][Hg][CH2]CN. The molecule has 0 amide bonds. The Morgan fingerprint density at radius 1 is 1.88 bits per heavy atom. The van der Waals surface area contributed by atoms with Gasteiger partial charge in [-0.25, -0.2) is 0 Å². The predicted octanol–water partition coefficient (Wildman–Crippen LogP) is -0.0760. The van der Waals surface area contributed by atoms with Crippen LogP contribution in [0, 0.1) is 0 Å². The van der Waals surface area contributed by atoms with Crippen molar-refractivity contribution in [2.24, 2.45) is 5.73 Å². The summed E-state index contributed by atoms with van der Waals surface area (Å²) in [4.78, 5) is 10.1. The van der Waals surface area contributed by atoms with E-state index in [2.05, 4.69) is 0 Å². The van der Waals surface area contributed by atoms with Crippen molar-refractivity contribution in [2.75, 3.05) is 6.54 Å². The van der Waals surface area contributed by atoms with E-state index in [1.807, 2.05) is 0 Å². The fourth-order valence-electron chi connectivity index (χ4n) is 0.299. The Morgan fingerprint density at radius 3 is 2.88 bits per heavy atom. The maximum atomic E-state index is 10.1. The van der Waals surface area contributed by atoms with Crippen LogP contribution in [-0.2, 0) is 32.5 Å². The van der Waals surface area contributed by atoms with Gasteiger partial charge in [-0.3, -0.25) is 0 Å². The molecule has 3 nitrogen and oxygen atoms in total. The second-order valence-corrected chi connectivity index (χ2v) is 6.94. The van der Waals surface area contributed by atoms with Crippen LogP contribution < -0.4 is 5.73 Å². The van der Waals surface area contributed by atoms with E-state index in [4.69, 9.17) is 8.38 Å². The van der Waals surface area contributed by atoms with Gasteiger partial charge in [0, 0.05) is 0 Å². The molecule has 0 unspecified atom stereocenters. The van der Waals surface area contributed by atoms with Gasteiger partial charge in [-0.05, 0) is 0 Å². The standard InChI is InChI=1S/C2H6N.C2H4O2.Hg/c1-2-3;1-2(3)4;/h1-3H2;1H3,(H,3,4);/q;;+1/p-1. The van der Waals surface area contributed by atoms with E-state index < -0.39 is 25.0 Å². The van der Waals surface area contributed by atoms with Gasteiger partial charge in [0.15, 0.2) is 0 Å². The van der Waals surface area contributed by atoms with E-state index in [1.54, 1.807) is 0 Å². The van der Waals surface area contributed by atoms with Crippen LogP contribution in [0.15, 0.2) is 0 Å². The Balaban J connectivity index is 2.82. The number of nitrogens with two attached hydrogens (primary N) is 1. The number of carbonyl (C=O) groups excluding carboxylic acids is 1. The topological polar surface area (TPSA) is 52.3 Å². The van der Waals surface area contributed by atoms with Crippen molar-refractivity contribution in [1.82, 2.24) is 0 Å².